The van der Waals surface area contributed by atoms with Crippen molar-refractivity contribution < 1.29 is 22.8 Å². The molecule has 1 N–H and O–H groups in total. The fraction of sp³-hybridized carbons (Fsp3) is 0.286. The lowest BCUT2D eigenvalue weighted by Crippen LogP contribution is -2.47. The third kappa shape index (κ3) is 2.00. The Morgan fingerprint density at radius 2 is 2.00 bits per heavy atom. The Labute approximate surface area is 117 Å². The van der Waals surface area contributed by atoms with Gasteiger partial charge < -0.3 is 9.88 Å². The van der Waals surface area contributed by atoms with Crippen LogP contribution in [0.15, 0.2) is 24.3 Å². The van der Waals surface area contributed by atoms with Crippen LogP contribution in [0, 0.1) is 0 Å². The molecule has 0 spiro atoms. The SMILES string of the molecule is CC1c2[nH]c3ccccc3c2C(=O)CN1C(=O)C(F)(F)F. The summed E-state index contributed by atoms with van der Waals surface area (Å²) in [6.07, 6.45) is -4.99. The van der Waals surface area contributed by atoms with E-state index in [1.807, 2.05) is 0 Å². The van der Waals surface area contributed by atoms with Crippen LogP contribution in [-0.4, -0.2) is 34.3 Å². The minimum atomic E-state index is -4.99. The van der Waals surface area contributed by atoms with E-state index in [4.69, 9.17) is 0 Å². The predicted octanol–water partition coefficient (Wildman–Crippen LogP) is 2.82. The molecule has 7 heteroatoms. The molecule has 0 radical (unpaired) electrons. The molecular weight excluding hydrogens is 285 g/mol. The zero-order valence-corrected chi connectivity index (χ0v) is 11.0. The molecule has 3 rings (SSSR count). The highest BCUT2D eigenvalue weighted by atomic mass is 19.4. The van der Waals surface area contributed by atoms with E-state index in [0.717, 1.165) is 0 Å². The van der Waals surface area contributed by atoms with Gasteiger partial charge in [-0.1, -0.05) is 18.2 Å². The van der Waals surface area contributed by atoms with E-state index in [9.17, 15) is 22.8 Å². The van der Waals surface area contributed by atoms with Crippen molar-refractivity contribution in [1.29, 1.82) is 0 Å². The second kappa shape index (κ2) is 4.34. The van der Waals surface area contributed by atoms with Crippen molar-refractivity contribution in [2.45, 2.75) is 19.1 Å². The molecule has 1 unspecified atom stereocenters. The van der Waals surface area contributed by atoms with E-state index >= 15 is 0 Å². The van der Waals surface area contributed by atoms with Gasteiger partial charge in [-0.05, 0) is 13.0 Å². The molecule has 110 valence electrons. The van der Waals surface area contributed by atoms with Gasteiger partial charge in [0.15, 0.2) is 5.78 Å². The highest BCUT2D eigenvalue weighted by Crippen LogP contribution is 2.36. The van der Waals surface area contributed by atoms with Gasteiger partial charge in [-0.15, -0.1) is 0 Å². The van der Waals surface area contributed by atoms with Crippen LogP contribution >= 0.6 is 0 Å². The Bertz CT molecular complexity index is 748. The number of rotatable bonds is 0. The quantitative estimate of drug-likeness (QED) is 0.812. The van der Waals surface area contributed by atoms with Crippen LogP contribution in [0.2, 0.25) is 0 Å². The summed E-state index contributed by atoms with van der Waals surface area (Å²) in [4.78, 5) is 27.1. The maximum atomic E-state index is 12.6. The Balaban J connectivity index is 2.12. The first-order valence-electron chi connectivity index (χ1n) is 6.32. The molecular formula is C14H11F3N2O2. The van der Waals surface area contributed by atoms with Crippen molar-refractivity contribution in [1.82, 2.24) is 9.88 Å². The molecule has 1 aliphatic heterocycles. The molecule has 4 nitrogen and oxygen atoms in total. The Morgan fingerprint density at radius 3 is 2.67 bits per heavy atom. The Morgan fingerprint density at radius 1 is 1.33 bits per heavy atom. The first kappa shape index (κ1) is 13.7. The van der Waals surface area contributed by atoms with Crippen LogP contribution in [-0.2, 0) is 4.79 Å². The van der Waals surface area contributed by atoms with Crippen LogP contribution in [0.5, 0.6) is 0 Å². The summed E-state index contributed by atoms with van der Waals surface area (Å²) in [5.74, 6) is -2.48. The number of carbonyl (C=O) groups is 2. The highest BCUT2D eigenvalue weighted by Gasteiger charge is 2.47. The van der Waals surface area contributed by atoms with Gasteiger partial charge in [0, 0.05) is 16.6 Å². The average Bonchev–Trinajstić information content (AvgIpc) is 2.81. The number of nitrogens with zero attached hydrogens (tertiary/aromatic N) is 1. The minimum Gasteiger partial charge on any atom is -0.356 e. The summed E-state index contributed by atoms with van der Waals surface area (Å²) in [6, 6.07) is 6.15. The summed E-state index contributed by atoms with van der Waals surface area (Å²) in [5.41, 5.74) is 1.40. The van der Waals surface area contributed by atoms with Crippen molar-refractivity contribution in [3.63, 3.8) is 0 Å². The number of fused-ring (bicyclic) bond motifs is 3. The van der Waals surface area contributed by atoms with E-state index in [1.165, 1.54) is 6.92 Å². The molecule has 2 heterocycles. The lowest BCUT2D eigenvalue weighted by Gasteiger charge is -2.33. The zero-order valence-electron chi connectivity index (χ0n) is 11.0. The third-order valence-electron chi connectivity index (χ3n) is 3.72. The normalized spacial score (nSPS) is 19.0. The molecule has 1 aromatic heterocycles. The number of alkyl halides is 3. The standard InChI is InChI=1S/C14H11F3N2O2/c1-7-12-11(8-4-2-3-5-9(8)18-12)10(20)6-19(7)13(21)14(15,16)17/h2-5,7,18H,6H2,1H3. The highest BCUT2D eigenvalue weighted by molar-refractivity contribution is 6.12. The molecule has 0 aliphatic carbocycles. The predicted molar refractivity (Wildman–Crippen MR) is 68.8 cm³/mol. The van der Waals surface area contributed by atoms with Gasteiger partial charge in [0.2, 0.25) is 0 Å². The van der Waals surface area contributed by atoms with Crippen molar-refractivity contribution in [3.8, 4) is 0 Å². The number of H-pyrrole nitrogens is 1. The molecule has 1 amide bonds. The fourth-order valence-electron chi connectivity index (χ4n) is 2.71. The van der Waals surface area contributed by atoms with Crippen molar-refractivity contribution in [2.24, 2.45) is 0 Å². The average molecular weight is 296 g/mol. The van der Waals surface area contributed by atoms with Gasteiger partial charge in [-0.2, -0.15) is 13.2 Å². The van der Waals surface area contributed by atoms with Gasteiger partial charge in [0.1, 0.15) is 0 Å². The van der Waals surface area contributed by atoms with Crippen molar-refractivity contribution in [2.75, 3.05) is 6.54 Å². The number of ketones is 1. The van der Waals surface area contributed by atoms with Crippen LogP contribution in [0.3, 0.4) is 0 Å². The van der Waals surface area contributed by atoms with Crippen molar-refractivity contribution >= 4 is 22.6 Å². The maximum Gasteiger partial charge on any atom is 0.471 e. The number of nitrogens with one attached hydrogen (secondary N) is 1. The Hall–Kier alpha value is -2.31. The number of hydrogen-bond acceptors (Lipinski definition) is 2. The topological polar surface area (TPSA) is 53.2 Å². The van der Waals surface area contributed by atoms with E-state index in [1.54, 1.807) is 24.3 Å². The van der Waals surface area contributed by atoms with Gasteiger partial charge in [0.25, 0.3) is 0 Å². The van der Waals surface area contributed by atoms with Gasteiger partial charge >= 0.3 is 12.1 Å². The van der Waals surface area contributed by atoms with E-state index in [-0.39, 0.29) is 0 Å². The number of halogens is 3. The molecule has 0 fully saturated rings. The third-order valence-corrected chi connectivity index (χ3v) is 3.72. The zero-order chi connectivity index (χ0) is 15.4. The molecule has 0 saturated heterocycles. The lowest BCUT2D eigenvalue weighted by molar-refractivity contribution is -0.187. The number of amides is 1. The molecule has 0 bridgehead atoms. The van der Waals surface area contributed by atoms with E-state index < -0.39 is 30.5 Å². The summed E-state index contributed by atoms with van der Waals surface area (Å²) < 4.78 is 37.8. The number of aromatic amines is 1. The first-order chi connectivity index (χ1) is 9.80. The fourth-order valence-corrected chi connectivity index (χ4v) is 2.71. The molecule has 1 aromatic carbocycles. The molecule has 0 saturated carbocycles. The smallest absolute Gasteiger partial charge is 0.356 e. The van der Waals surface area contributed by atoms with Crippen molar-refractivity contribution in [3.05, 3.63) is 35.5 Å². The number of Topliss-reactive ketones (excluding diaryl/α,β-unsaturated/α-hetero) is 1. The van der Waals surface area contributed by atoms with Crippen LogP contribution < -0.4 is 0 Å². The first-order valence-corrected chi connectivity index (χ1v) is 6.32. The van der Waals surface area contributed by atoms with E-state index in [0.29, 0.717) is 27.1 Å². The number of carbonyl (C=O) groups excluding carboxylic acids is 2. The number of hydrogen-bond donors (Lipinski definition) is 1. The lowest BCUT2D eigenvalue weighted by atomic mass is 9.97. The second-order valence-electron chi connectivity index (χ2n) is 4.99. The molecule has 1 atom stereocenters. The van der Waals surface area contributed by atoms with Gasteiger partial charge in [-0.3, -0.25) is 9.59 Å². The van der Waals surface area contributed by atoms with Crippen LogP contribution in [0.1, 0.15) is 29.0 Å². The molecule has 2 aromatic rings. The number of aromatic nitrogens is 1. The van der Waals surface area contributed by atoms with E-state index in [2.05, 4.69) is 4.98 Å². The van der Waals surface area contributed by atoms with Crippen LogP contribution in [0.25, 0.3) is 10.9 Å². The number of para-hydroxylation sites is 1. The number of benzene rings is 1. The molecule has 21 heavy (non-hydrogen) atoms. The van der Waals surface area contributed by atoms with Crippen LogP contribution in [0.4, 0.5) is 13.2 Å². The second-order valence-corrected chi connectivity index (χ2v) is 4.99. The summed E-state index contributed by atoms with van der Waals surface area (Å²) in [6.45, 7) is 0.915. The minimum absolute atomic E-state index is 0.352. The van der Waals surface area contributed by atoms with Gasteiger partial charge in [-0.25, -0.2) is 0 Å². The summed E-state index contributed by atoms with van der Waals surface area (Å²) in [5, 5.41) is 0.670. The maximum absolute atomic E-state index is 12.6. The summed E-state index contributed by atoms with van der Waals surface area (Å²) >= 11 is 0. The van der Waals surface area contributed by atoms with Gasteiger partial charge in [0.05, 0.1) is 18.2 Å². The largest absolute Gasteiger partial charge is 0.471 e. The monoisotopic (exact) mass is 296 g/mol. The molecule has 1 aliphatic rings. The Kier molecular flexibility index (Phi) is 2.82. The summed E-state index contributed by atoms with van der Waals surface area (Å²) in [7, 11) is 0.